The molecular weight excluding hydrogens is 266 g/mol. The molecule has 2 aromatic carbocycles. The summed E-state index contributed by atoms with van der Waals surface area (Å²) in [5, 5.41) is 0. The van der Waals surface area contributed by atoms with Gasteiger partial charge in [-0.2, -0.15) is 0 Å². The zero-order valence-electron chi connectivity index (χ0n) is 11.9. The van der Waals surface area contributed by atoms with E-state index in [9.17, 15) is 4.79 Å². The molecule has 0 aliphatic carbocycles. The molecule has 1 aliphatic rings. The first kappa shape index (κ1) is 13.5. The predicted octanol–water partition coefficient (Wildman–Crippen LogP) is 2.87. The molecule has 0 aromatic heterocycles. The number of esters is 1. The number of benzene rings is 2. The van der Waals surface area contributed by atoms with Crippen molar-refractivity contribution in [3.63, 3.8) is 0 Å². The summed E-state index contributed by atoms with van der Waals surface area (Å²) in [6.45, 7) is 2.17. The van der Waals surface area contributed by atoms with Crippen molar-refractivity contribution in [1.29, 1.82) is 0 Å². The number of methoxy groups -OCH3 is 1. The Hall–Kier alpha value is -2.49. The second kappa shape index (κ2) is 5.87. The average Bonchev–Trinajstić information content (AvgIpc) is 2.76. The van der Waals surface area contributed by atoms with Crippen LogP contribution in [-0.4, -0.2) is 26.2 Å². The van der Waals surface area contributed by atoms with Crippen LogP contribution < -0.4 is 9.64 Å². The lowest BCUT2D eigenvalue weighted by Gasteiger charge is -2.21. The quantitative estimate of drug-likeness (QED) is 0.794. The fourth-order valence-corrected chi connectivity index (χ4v) is 2.47. The number of rotatable bonds is 2. The van der Waals surface area contributed by atoms with E-state index in [2.05, 4.69) is 17.0 Å². The highest BCUT2D eigenvalue weighted by Gasteiger charge is 2.17. The summed E-state index contributed by atoms with van der Waals surface area (Å²) in [7, 11) is 1.38. The molecule has 4 nitrogen and oxygen atoms in total. The molecule has 0 radical (unpaired) electrons. The average molecular weight is 283 g/mol. The second-order valence-electron chi connectivity index (χ2n) is 4.92. The van der Waals surface area contributed by atoms with Crippen LogP contribution in [-0.2, 0) is 11.3 Å². The Labute approximate surface area is 123 Å². The Morgan fingerprint density at radius 1 is 1.19 bits per heavy atom. The number of carbonyl (C=O) groups excluding carboxylic acids is 1. The minimum Gasteiger partial charge on any atom is -0.491 e. The summed E-state index contributed by atoms with van der Waals surface area (Å²) in [5.41, 5.74) is 2.76. The van der Waals surface area contributed by atoms with E-state index in [1.54, 1.807) is 12.1 Å². The molecule has 3 rings (SSSR count). The van der Waals surface area contributed by atoms with Crippen molar-refractivity contribution < 1.29 is 14.3 Å². The molecule has 4 heteroatoms. The van der Waals surface area contributed by atoms with Crippen LogP contribution in [0.25, 0.3) is 0 Å². The minimum absolute atomic E-state index is 0.342. The highest BCUT2D eigenvalue weighted by atomic mass is 16.5. The molecular formula is C17H17NO3. The Morgan fingerprint density at radius 2 is 2.00 bits per heavy atom. The summed E-state index contributed by atoms with van der Waals surface area (Å²) in [6, 6.07) is 15.7. The van der Waals surface area contributed by atoms with Crippen LogP contribution in [0.4, 0.5) is 5.69 Å². The van der Waals surface area contributed by atoms with Gasteiger partial charge in [0.15, 0.2) is 0 Å². The van der Waals surface area contributed by atoms with Gasteiger partial charge in [0.1, 0.15) is 12.4 Å². The van der Waals surface area contributed by atoms with Crippen LogP contribution in [0.5, 0.6) is 5.75 Å². The van der Waals surface area contributed by atoms with Crippen LogP contribution in [0.1, 0.15) is 15.9 Å². The largest absolute Gasteiger partial charge is 0.491 e. The van der Waals surface area contributed by atoms with E-state index in [4.69, 9.17) is 9.47 Å². The van der Waals surface area contributed by atoms with E-state index >= 15 is 0 Å². The van der Waals surface area contributed by atoms with Crippen molar-refractivity contribution in [3.05, 3.63) is 59.7 Å². The molecule has 21 heavy (non-hydrogen) atoms. The predicted molar refractivity (Wildman–Crippen MR) is 80.8 cm³/mol. The fraction of sp³-hybridized carbons (Fsp3) is 0.235. The number of hydrogen-bond donors (Lipinski definition) is 0. The van der Waals surface area contributed by atoms with Gasteiger partial charge in [0, 0.05) is 17.8 Å². The van der Waals surface area contributed by atoms with E-state index < -0.39 is 0 Å². The van der Waals surface area contributed by atoms with Crippen LogP contribution in [0.3, 0.4) is 0 Å². The number of para-hydroxylation sites is 1. The third-order valence-corrected chi connectivity index (χ3v) is 3.59. The molecule has 0 atom stereocenters. The van der Waals surface area contributed by atoms with Crippen molar-refractivity contribution in [2.45, 2.75) is 6.54 Å². The lowest BCUT2D eigenvalue weighted by atomic mass is 10.1. The normalized spacial score (nSPS) is 13.9. The molecule has 1 heterocycles. The van der Waals surface area contributed by atoms with E-state index in [0.717, 1.165) is 24.4 Å². The molecule has 0 saturated carbocycles. The number of fused-ring (bicyclic) bond motifs is 1. The molecule has 0 spiro atoms. The van der Waals surface area contributed by atoms with E-state index in [-0.39, 0.29) is 5.97 Å². The first-order valence-corrected chi connectivity index (χ1v) is 6.92. The van der Waals surface area contributed by atoms with E-state index in [0.29, 0.717) is 12.2 Å². The molecule has 0 N–H and O–H groups in total. The van der Waals surface area contributed by atoms with Gasteiger partial charge in [0.2, 0.25) is 0 Å². The van der Waals surface area contributed by atoms with Gasteiger partial charge >= 0.3 is 5.97 Å². The maximum atomic E-state index is 11.6. The Morgan fingerprint density at radius 3 is 2.76 bits per heavy atom. The van der Waals surface area contributed by atoms with E-state index in [1.165, 1.54) is 12.8 Å². The van der Waals surface area contributed by atoms with Gasteiger partial charge in [-0.1, -0.05) is 24.3 Å². The molecule has 0 amide bonds. The second-order valence-corrected chi connectivity index (χ2v) is 4.92. The van der Waals surface area contributed by atoms with Gasteiger partial charge in [0.25, 0.3) is 0 Å². The molecule has 1 aliphatic heterocycles. The number of carbonyl (C=O) groups is 1. The monoisotopic (exact) mass is 283 g/mol. The van der Waals surface area contributed by atoms with Gasteiger partial charge in [-0.25, -0.2) is 4.79 Å². The molecule has 0 saturated heterocycles. The van der Waals surface area contributed by atoms with Gasteiger partial charge in [-0.15, -0.1) is 0 Å². The Balaban J connectivity index is 1.88. The van der Waals surface area contributed by atoms with Crippen molar-refractivity contribution in [2.75, 3.05) is 25.2 Å². The lowest BCUT2D eigenvalue weighted by molar-refractivity contribution is 0.0600. The van der Waals surface area contributed by atoms with Crippen LogP contribution in [0.2, 0.25) is 0 Å². The fourth-order valence-electron chi connectivity index (χ4n) is 2.47. The zero-order chi connectivity index (χ0) is 14.7. The van der Waals surface area contributed by atoms with Gasteiger partial charge < -0.3 is 14.4 Å². The first-order chi connectivity index (χ1) is 10.3. The maximum Gasteiger partial charge on any atom is 0.337 e. The summed E-state index contributed by atoms with van der Waals surface area (Å²) in [4.78, 5) is 13.9. The van der Waals surface area contributed by atoms with Gasteiger partial charge in [-0.3, -0.25) is 0 Å². The molecule has 0 fully saturated rings. The Kier molecular flexibility index (Phi) is 3.77. The first-order valence-electron chi connectivity index (χ1n) is 6.92. The molecule has 0 bridgehead atoms. The summed E-state index contributed by atoms with van der Waals surface area (Å²) < 4.78 is 10.5. The van der Waals surface area contributed by atoms with Crippen LogP contribution >= 0.6 is 0 Å². The van der Waals surface area contributed by atoms with Crippen molar-refractivity contribution >= 4 is 11.7 Å². The topological polar surface area (TPSA) is 38.8 Å². The molecule has 2 aromatic rings. The lowest BCUT2D eigenvalue weighted by Crippen LogP contribution is -2.25. The zero-order valence-corrected chi connectivity index (χ0v) is 11.9. The third-order valence-electron chi connectivity index (χ3n) is 3.59. The highest BCUT2D eigenvalue weighted by molar-refractivity contribution is 5.90. The number of hydrogen-bond acceptors (Lipinski definition) is 4. The molecule has 108 valence electrons. The summed E-state index contributed by atoms with van der Waals surface area (Å²) in [5.74, 6) is 0.418. The number of ether oxygens (including phenoxy) is 2. The summed E-state index contributed by atoms with van der Waals surface area (Å²) >= 11 is 0. The van der Waals surface area contributed by atoms with Crippen LogP contribution in [0, 0.1) is 0 Å². The van der Waals surface area contributed by atoms with Gasteiger partial charge in [-0.05, 0) is 24.3 Å². The standard InChI is InChI=1S/C17H17NO3/c1-20-17(19)13-7-8-14-12-18(9-10-21-16(14)11-13)15-5-3-2-4-6-15/h2-8,11H,9-10,12H2,1H3. The number of anilines is 1. The van der Waals surface area contributed by atoms with Crippen molar-refractivity contribution in [2.24, 2.45) is 0 Å². The molecule has 0 unspecified atom stereocenters. The minimum atomic E-state index is -0.342. The van der Waals surface area contributed by atoms with Crippen molar-refractivity contribution in [3.8, 4) is 5.75 Å². The Bertz CT molecular complexity index is 640. The van der Waals surface area contributed by atoms with Crippen LogP contribution in [0.15, 0.2) is 48.5 Å². The van der Waals surface area contributed by atoms with E-state index in [1.807, 2.05) is 24.3 Å². The SMILES string of the molecule is COC(=O)c1ccc2c(c1)OCCN(c1ccccc1)C2. The number of nitrogens with zero attached hydrogens (tertiary/aromatic N) is 1. The highest BCUT2D eigenvalue weighted by Crippen LogP contribution is 2.27. The summed E-state index contributed by atoms with van der Waals surface area (Å²) in [6.07, 6.45) is 0. The smallest absolute Gasteiger partial charge is 0.337 e. The van der Waals surface area contributed by atoms with Crippen molar-refractivity contribution in [1.82, 2.24) is 0 Å². The third kappa shape index (κ3) is 2.84. The van der Waals surface area contributed by atoms with Gasteiger partial charge in [0.05, 0.1) is 19.2 Å². The maximum absolute atomic E-state index is 11.6.